The molecule has 2 aromatic heterocycles. The quantitative estimate of drug-likeness (QED) is 0.712. The standard InChI is InChI=1S/C18H20N4OS2/c23-16(7-8-17-20-14-5-1-2-6-15(14)25-17)21-18-19-13(12-24-18)11-22-9-3-4-10-22/h1-2,5-6,12H,3-4,7-11H2,(H,19,21,23). The van der Waals surface area contributed by atoms with Gasteiger partial charge < -0.3 is 5.32 Å². The maximum Gasteiger partial charge on any atom is 0.226 e. The van der Waals surface area contributed by atoms with Gasteiger partial charge in [0, 0.05) is 24.8 Å². The number of hydrogen-bond donors (Lipinski definition) is 1. The number of aryl methyl sites for hydroxylation is 1. The highest BCUT2D eigenvalue weighted by molar-refractivity contribution is 7.18. The molecule has 5 nitrogen and oxygen atoms in total. The molecule has 1 aliphatic heterocycles. The minimum Gasteiger partial charge on any atom is -0.302 e. The molecule has 1 fully saturated rings. The van der Waals surface area contributed by atoms with Crippen LogP contribution in [0.5, 0.6) is 0 Å². The third-order valence-corrected chi connectivity index (χ3v) is 6.19. The molecule has 130 valence electrons. The lowest BCUT2D eigenvalue weighted by Gasteiger charge is -2.11. The lowest BCUT2D eigenvalue weighted by atomic mass is 10.3. The van der Waals surface area contributed by atoms with Crippen molar-refractivity contribution in [2.24, 2.45) is 0 Å². The summed E-state index contributed by atoms with van der Waals surface area (Å²) in [4.78, 5) is 23.7. The van der Waals surface area contributed by atoms with Crippen LogP contribution in [0.25, 0.3) is 10.2 Å². The number of anilines is 1. The number of rotatable bonds is 6. The molecule has 1 aromatic carbocycles. The average molecular weight is 373 g/mol. The van der Waals surface area contributed by atoms with E-state index in [1.54, 1.807) is 11.3 Å². The molecular weight excluding hydrogens is 352 g/mol. The fourth-order valence-electron chi connectivity index (χ4n) is 3.04. The molecule has 1 amide bonds. The monoisotopic (exact) mass is 372 g/mol. The zero-order valence-corrected chi connectivity index (χ0v) is 15.5. The van der Waals surface area contributed by atoms with Crippen LogP contribution in [-0.4, -0.2) is 33.9 Å². The lowest BCUT2D eigenvalue weighted by molar-refractivity contribution is -0.116. The summed E-state index contributed by atoms with van der Waals surface area (Å²) < 4.78 is 1.17. The first-order valence-corrected chi connectivity index (χ1v) is 10.3. The molecule has 1 aliphatic rings. The van der Waals surface area contributed by atoms with Crippen LogP contribution >= 0.6 is 22.7 Å². The Bertz CT molecular complexity index is 834. The van der Waals surface area contributed by atoms with E-state index in [-0.39, 0.29) is 5.91 Å². The molecule has 7 heteroatoms. The van der Waals surface area contributed by atoms with Gasteiger partial charge in [-0.25, -0.2) is 9.97 Å². The summed E-state index contributed by atoms with van der Waals surface area (Å²) in [7, 11) is 0. The number of carbonyl (C=O) groups is 1. The first-order valence-electron chi connectivity index (χ1n) is 8.57. The summed E-state index contributed by atoms with van der Waals surface area (Å²) in [5, 5.41) is 6.66. The van der Waals surface area contributed by atoms with Gasteiger partial charge in [0.15, 0.2) is 5.13 Å². The second-order valence-electron chi connectivity index (χ2n) is 6.25. The number of benzene rings is 1. The second kappa shape index (κ2) is 7.59. The van der Waals surface area contributed by atoms with Gasteiger partial charge in [-0.05, 0) is 38.1 Å². The molecule has 3 aromatic rings. The highest BCUT2D eigenvalue weighted by atomic mass is 32.1. The summed E-state index contributed by atoms with van der Waals surface area (Å²) in [5.74, 6) is 0.00123. The van der Waals surface area contributed by atoms with E-state index < -0.39 is 0 Å². The maximum absolute atomic E-state index is 12.2. The number of likely N-dealkylation sites (tertiary alicyclic amines) is 1. The molecular formula is C18H20N4OS2. The van der Waals surface area contributed by atoms with E-state index in [4.69, 9.17) is 0 Å². The zero-order chi connectivity index (χ0) is 17.1. The Morgan fingerprint density at radius 1 is 1.20 bits per heavy atom. The summed E-state index contributed by atoms with van der Waals surface area (Å²) in [5.41, 5.74) is 2.06. The van der Waals surface area contributed by atoms with Crippen LogP contribution < -0.4 is 5.32 Å². The molecule has 0 bridgehead atoms. The number of hydrogen-bond acceptors (Lipinski definition) is 6. The molecule has 0 spiro atoms. The molecule has 0 saturated carbocycles. The SMILES string of the molecule is O=C(CCc1nc2ccccc2s1)Nc1nc(CN2CCCC2)cs1. The third kappa shape index (κ3) is 4.23. The molecule has 1 saturated heterocycles. The van der Waals surface area contributed by atoms with E-state index in [0.29, 0.717) is 18.0 Å². The van der Waals surface area contributed by atoms with Crippen LogP contribution in [-0.2, 0) is 17.8 Å². The second-order valence-corrected chi connectivity index (χ2v) is 8.22. The van der Waals surface area contributed by atoms with Crippen LogP contribution in [0, 0.1) is 0 Å². The van der Waals surface area contributed by atoms with Gasteiger partial charge in [-0.2, -0.15) is 0 Å². The van der Waals surface area contributed by atoms with Crippen molar-refractivity contribution in [1.29, 1.82) is 0 Å². The molecule has 0 unspecified atom stereocenters. The van der Waals surface area contributed by atoms with E-state index in [9.17, 15) is 4.79 Å². The number of fused-ring (bicyclic) bond motifs is 1. The predicted molar refractivity (Wildman–Crippen MR) is 103 cm³/mol. The van der Waals surface area contributed by atoms with Gasteiger partial charge in [-0.15, -0.1) is 22.7 Å². The summed E-state index contributed by atoms with van der Waals surface area (Å²) in [6.07, 6.45) is 3.65. The Hall–Kier alpha value is -1.83. The van der Waals surface area contributed by atoms with Crippen molar-refractivity contribution >= 4 is 43.9 Å². The van der Waals surface area contributed by atoms with Crippen LogP contribution in [0.4, 0.5) is 5.13 Å². The van der Waals surface area contributed by atoms with Crippen molar-refractivity contribution < 1.29 is 4.79 Å². The summed E-state index contributed by atoms with van der Waals surface area (Å²) >= 11 is 3.16. The largest absolute Gasteiger partial charge is 0.302 e. The number of para-hydroxylation sites is 1. The lowest BCUT2D eigenvalue weighted by Crippen LogP contribution is -2.18. The van der Waals surface area contributed by atoms with E-state index >= 15 is 0 Å². The topological polar surface area (TPSA) is 58.1 Å². The van der Waals surface area contributed by atoms with E-state index in [1.807, 2.05) is 23.6 Å². The van der Waals surface area contributed by atoms with Gasteiger partial charge in [-0.1, -0.05) is 12.1 Å². The van der Waals surface area contributed by atoms with E-state index in [2.05, 4.69) is 26.3 Å². The molecule has 4 rings (SSSR count). The fourth-order valence-corrected chi connectivity index (χ4v) is 4.72. The Morgan fingerprint density at radius 3 is 2.88 bits per heavy atom. The minimum atomic E-state index is 0.00123. The van der Waals surface area contributed by atoms with E-state index in [1.165, 1.54) is 28.9 Å². The Balaban J connectivity index is 1.29. The van der Waals surface area contributed by atoms with Gasteiger partial charge in [0.1, 0.15) is 0 Å². The Kier molecular flexibility index (Phi) is 5.05. The van der Waals surface area contributed by atoms with Crippen LogP contribution in [0.2, 0.25) is 0 Å². The average Bonchev–Trinajstić information content (AvgIpc) is 3.34. The van der Waals surface area contributed by atoms with Gasteiger partial charge in [0.2, 0.25) is 5.91 Å². The van der Waals surface area contributed by atoms with Gasteiger partial charge in [-0.3, -0.25) is 9.69 Å². The molecule has 0 atom stereocenters. The normalized spacial score (nSPS) is 15.0. The molecule has 25 heavy (non-hydrogen) atoms. The van der Waals surface area contributed by atoms with Crippen molar-refractivity contribution in [2.75, 3.05) is 18.4 Å². The van der Waals surface area contributed by atoms with Crippen LogP contribution in [0.1, 0.15) is 30.0 Å². The Labute approximate surface area is 154 Å². The smallest absolute Gasteiger partial charge is 0.226 e. The van der Waals surface area contributed by atoms with Gasteiger partial charge in [0.25, 0.3) is 0 Å². The molecule has 3 heterocycles. The zero-order valence-electron chi connectivity index (χ0n) is 13.9. The number of amides is 1. The molecule has 0 radical (unpaired) electrons. The van der Waals surface area contributed by atoms with Crippen molar-refractivity contribution in [3.05, 3.63) is 40.3 Å². The number of nitrogens with zero attached hydrogens (tertiary/aromatic N) is 3. The summed E-state index contributed by atoms with van der Waals surface area (Å²) in [6, 6.07) is 8.07. The number of nitrogens with one attached hydrogen (secondary N) is 1. The van der Waals surface area contributed by atoms with Crippen molar-refractivity contribution in [3.8, 4) is 0 Å². The maximum atomic E-state index is 12.2. The number of aromatic nitrogens is 2. The van der Waals surface area contributed by atoms with Crippen LogP contribution in [0.15, 0.2) is 29.6 Å². The third-order valence-electron chi connectivity index (χ3n) is 4.29. The van der Waals surface area contributed by atoms with Crippen molar-refractivity contribution in [3.63, 3.8) is 0 Å². The van der Waals surface area contributed by atoms with Crippen molar-refractivity contribution in [2.45, 2.75) is 32.2 Å². The van der Waals surface area contributed by atoms with Gasteiger partial charge in [0.05, 0.1) is 20.9 Å². The highest BCUT2D eigenvalue weighted by Crippen LogP contribution is 2.23. The predicted octanol–water partition coefficient (Wildman–Crippen LogP) is 3.92. The summed E-state index contributed by atoms with van der Waals surface area (Å²) in [6.45, 7) is 3.20. The first kappa shape index (κ1) is 16.6. The first-order chi connectivity index (χ1) is 12.3. The Morgan fingerprint density at radius 2 is 2.04 bits per heavy atom. The van der Waals surface area contributed by atoms with Gasteiger partial charge >= 0.3 is 0 Å². The number of carbonyl (C=O) groups excluding carboxylic acids is 1. The highest BCUT2D eigenvalue weighted by Gasteiger charge is 2.14. The molecule has 1 N–H and O–H groups in total. The van der Waals surface area contributed by atoms with Crippen LogP contribution in [0.3, 0.4) is 0 Å². The van der Waals surface area contributed by atoms with E-state index in [0.717, 1.165) is 35.9 Å². The molecule has 0 aliphatic carbocycles. The fraction of sp³-hybridized carbons (Fsp3) is 0.389. The minimum absolute atomic E-state index is 0.00123. The number of thiazole rings is 2. The van der Waals surface area contributed by atoms with Crippen molar-refractivity contribution in [1.82, 2.24) is 14.9 Å².